The fourth-order valence-electron chi connectivity index (χ4n) is 3.49. The van der Waals surface area contributed by atoms with E-state index in [1.165, 1.54) is 24.7 Å². The number of alkyl halides is 7. The van der Waals surface area contributed by atoms with E-state index in [0.29, 0.717) is 11.1 Å². The number of carbonyl (C=O) groups excluding carboxylic acids is 1. The highest BCUT2D eigenvalue weighted by molar-refractivity contribution is 6.33. The van der Waals surface area contributed by atoms with E-state index in [9.17, 15) is 35.5 Å². The number of nitrogens with zero attached hydrogens (tertiary/aromatic N) is 3. The third-order valence-corrected chi connectivity index (χ3v) is 6.16. The molecule has 2 aromatic heterocycles. The van der Waals surface area contributed by atoms with Gasteiger partial charge in [-0.1, -0.05) is 23.2 Å². The van der Waals surface area contributed by atoms with Crippen LogP contribution in [0.3, 0.4) is 0 Å². The molecule has 6 nitrogen and oxygen atoms in total. The standard InChI is InChI=1S/C22H15Cl2F7N4O2/c1-37-16-6-12(20(25,21(26,27)28)22(29,30)31)5-15(23)17(16)35-9-11(8-33-35)10-4-14(18(24)32-7-10)19(36)34-13-2-3-13/h4-9,13H,2-3H2,1H3,(H,34,36). The molecule has 1 saturated carbocycles. The van der Waals surface area contributed by atoms with Crippen LogP contribution < -0.4 is 10.1 Å². The van der Waals surface area contributed by atoms with Crippen molar-refractivity contribution in [1.82, 2.24) is 20.1 Å². The van der Waals surface area contributed by atoms with Gasteiger partial charge in [-0.05, 0) is 31.0 Å². The van der Waals surface area contributed by atoms with Gasteiger partial charge >= 0.3 is 18.0 Å². The van der Waals surface area contributed by atoms with Crippen LogP contribution in [0.5, 0.6) is 5.75 Å². The van der Waals surface area contributed by atoms with Crippen molar-refractivity contribution in [3.63, 3.8) is 0 Å². The molecule has 1 aliphatic carbocycles. The van der Waals surface area contributed by atoms with Gasteiger partial charge in [0.25, 0.3) is 5.91 Å². The molecule has 0 aliphatic heterocycles. The zero-order chi connectivity index (χ0) is 27.3. The Balaban J connectivity index is 1.75. The maximum atomic E-state index is 14.6. The van der Waals surface area contributed by atoms with Crippen LogP contribution in [0.2, 0.25) is 10.2 Å². The summed E-state index contributed by atoms with van der Waals surface area (Å²) in [5, 5.41) is 6.06. The predicted octanol–water partition coefficient (Wildman–Crippen LogP) is 6.43. The van der Waals surface area contributed by atoms with Crippen molar-refractivity contribution in [2.24, 2.45) is 0 Å². The number of rotatable bonds is 6. The van der Waals surface area contributed by atoms with Gasteiger partial charge in [-0.2, -0.15) is 31.4 Å². The number of carbonyl (C=O) groups is 1. The summed E-state index contributed by atoms with van der Waals surface area (Å²) in [6, 6.07) is 1.98. The lowest BCUT2D eigenvalue weighted by Crippen LogP contribution is -2.50. The molecule has 1 amide bonds. The van der Waals surface area contributed by atoms with Gasteiger partial charge in [-0.3, -0.25) is 4.79 Å². The van der Waals surface area contributed by atoms with Crippen molar-refractivity contribution < 1.29 is 40.3 Å². The van der Waals surface area contributed by atoms with Gasteiger partial charge in [0.15, 0.2) is 0 Å². The number of ether oxygens (including phenoxy) is 1. The zero-order valence-electron chi connectivity index (χ0n) is 18.5. The maximum Gasteiger partial charge on any atom is 0.435 e. The average molecular weight is 571 g/mol. The number of hydrogen-bond donors (Lipinski definition) is 1. The first-order chi connectivity index (χ1) is 17.2. The van der Waals surface area contributed by atoms with Crippen LogP contribution in [0.4, 0.5) is 30.7 Å². The summed E-state index contributed by atoms with van der Waals surface area (Å²) >= 11 is 12.1. The summed E-state index contributed by atoms with van der Waals surface area (Å²) in [7, 11) is 0.957. The number of halogens is 9. The second kappa shape index (κ2) is 9.35. The molecular weight excluding hydrogens is 556 g/mol. The van der Waals surface area contributed by atoms with Crippen molar-refractivity contribution in [3.8, 4) is 22.6 Å². The number of pyridine rings is 1. The SMILES string of the molecule is COc1cc(C(F)(C(F)(F)F)C(F)(F)F)cc(Cl)c1-n1cc(-c2cnc(Cl)c(C(=O)NC3CC3)c2)cn1. The second-order valence-corrected chi connectivity index (χ2v) is 8.91. The molecule has 15 heteroatoms. The highest BCUT2D eigenvalue weighted by atomic mass is 35.5. The molecule has 0 radical (unpaired) electrons. The molecular formula is C22H15Cl2F7N4O2. The molecule has 2 heterocycles. The molecule has 0 unspecified atom stereocenters. The van der Waals surface area contributed by atoms with Gasteiger partial charge < -0.3 is 10.1 Å². The molecule has 1 aromatic carbocycles. The Morgan fingerprint density at radius 2 is 1.68 bits per heavy atom. The lowest BCUT2D eigenvalue weighted by molar-refractivity contribution is -0.348. The minimum Gasteiger partial charge on any atom is -0.494 e. The molecule has 1 N–H and O–H groups in total. The minimum absolute atomic E-state index is 0.0429. The smallest absolute Gasteiger partial charge is 0.435 e. The predicted molar refractivity (Wildman–Crippen MR) is 119 cm³/mol. The quantitative estimate of drug-likeness (QED) is 0.274. The van der Waals surface area contributed by atoms with Crippen LogP contribution in [-0.4, -0.2) is 46.2 Å². The molecule has 4 rings (SSSR count). The monoisotopic (exact) mass is 570 g/mol. The largest absolute Gasteiger partial charge is 0.494 e. The normalized spacial score (nSPS) is 14.5. The topological polar surface area (TPSA) is 69.0 Å². The van der Waals surface area contributed by atoms with Gasteiger partial charge in [0.05, 0.1) is 23.9 Å². The molecule has 0 spiro atoms. The summed E-state index contributed by atoms with van der Waals surface area (Å²) in [6.45, 7) is 0. The highest BCUT2D eigenvalue weighted by Crippen LogP contribution is 2.54. The molecule has 0 bridgehead atoms. The molecule has 198 valence electrons. The molecule has 3 aromatic rings. The van der Waals surface area contributed by atoms with Crippen molar-refractivity contribution in [1.29, 1.82) is 0 Å². The molecule has 1 fully saturated rings. The van der Waals surface area contributed by atoms with E-state index in [1.807, 2.05) is 0 Å². The van der Waals surface area contributed by atoms with E-state index in [0.717, 1.165) is 24.6 Å². The minimum atomic E-state index is -6.33. The van der Waals surface area contributed by atoms with Crippen LogP contribution in [-0.2, 0) is 5.67 Å². The van der Waals surface area contributed by atoms with Crippen LogP contribution >= 0.6 is 23.2 Å². The summed E-state index contributed by atoms with van der Waals surface area (Å²) in [5.41, 5.74) is -6.94. The first-order valence-corrected chi connectivity index (χ1v) is 11.1. The third-order valence-electron chi connectivity index (χ3n) is 5.57. The molecule has 0 atom stereocenters. The summed E-state index contributed by atoms with van der Waals surface area (Å²) in [5.74, 6) is -1.04. The number of nitrogens with one attached hydrogen (secondary N) is 1. The van der Waals surface area contributed by atoms with Gasteiger partial charge in [-0.25, -0.2) is 14.1 Å². The van der Waals surface area contributed by atoms with E-state index in [2.05, 4.69) is 15.4 Å². The van der Waals surface area contributed by atoms with Crippen LogP contribution in [0.25, 0.3) is 16.8 Å². The summed E-state index contributed by atoms with van der Waals surface area (Å²) in [4.78, 5) is 16.4. The zero-order valence-corrected chi connectivity index (χ0v) is 20.0. The molecule has 1 aliphatic rings. The van der Waals surface area contributed by atoms with Crippen LogP contribution in [0, 0.1) is 0 Å². The van der Waals surface area contributed by atoms with Crippen LogP contribution in [0.15, 0.2) is 36.8 Å². The van der Waals surface area contributed by atoms with Crippen LogP contribution in [0.1, 0.15) is 28.8 Å². The van der Waals surface area contributed by atoms with Crippen molar-refractivity contribution in [3.05, 3.63) is 58.1 Å². The number of methoxy groups -OCH3 is 1. The van der Waals surface area contributed by atoms with Gasteiger partial charge in [0.1, 0.15) is 16.6 Å². The van der Waals surface area contributed by atoms with E-state index in [1.54, 1.807) is 0 Å². The summed E-state index contributed by atoms with van der Waals surface area (Å²) < 4.78 is 99.8. The molecule has 37 heavy (non-hydrogen) atoms. The molecule has 0 saturated heterocycles. The Labute approximate surface area is 214 Å². The fourth-order valence-corrected chi connectivity index (χ4v) is 3.98. The Morgan fingerprint density at radius 1 is 1.03 bits per heavy atom. The van der Waals surface area contributed by atoms with Crippen molar-refractivity contribution in [2.45, 2.75) is 36.9 Å². The number of benzene rings is 1. The van der Waals surface area contributed by atoms with Crippen molar-refractivity contribution >= 4 is 29.1 Å². The first kappa shape index (κ1) is 27.0. The van der Waals surface area contributed by atoms with Gasteiger partial charge in [-0.15, -0.1) is 0 Å². The lowest BCUT2D eigenvalue weighted by atomic mass is 9.93. The van der Waals surface area contributed by atoms with E-state index in [-0.39, 0.29) is 34.6 Å². The van der Waals surface area contributed by atoms with Gasteiger partial charge in [0, 0.05) is 35.1 Å². The fraction of sp³-hybridized carbons (Fsp3) is 0.318. The van der Waals surface area contributed by atoms with Gasteiger partial charge in [0.2, 0.25) is 0 Å². The van der Waals surface area contributed by atoms with E-state index < -0.39 is 40.3 Å². The Morgan fingerprint density at radius 3 is 2.24 bits per heavy atom. The lowest BCUT2D eigenvalue weighted by Gasteiger charge is -2.31. The number of amides is 1. The Kier molecular flexibility index (Phi) is 6.82. The summed E-state index contributed by atoms with van der Waals surface area (Å²) in [6.07, 6.45) is -7.03. The average Bonchev–Trinajstić information content (AvgIpc) is 3.49. The third kappa shape index (κ3) is 4.93. The highest BCUT2D eigenvalue weighted by Gasteiger charge is 2.73. The second-order valence-electron chi connectivity index (χ2n) is 8.15. The Hall–Kier alpha value is -3.06. The Bertz CT molecular complexity index is 1340. The first-order valence-electron chi connectivity index (χ1n) is 10.4. The number of aromatic nitrogens is 3. The van der Waals surface area contributed by atoms with Crippen molar-refractivity contribution in [2.75, 3.05) is 7.11 Å². The maximum absolute atomic E-state index is 14.6. The van der Waals surface area contributed by atoms with E-state index >= 15 is 0 Å². The number of hydrogen-bond acceptors (Lipinski definition) is 4. The van der Waals surface area contributed by atoms with E-state index in [4.69, 9.17) is 27.9 Å².